The second-order valence-corrected chi connectivity index (χ2v) is 6.01. The fourth-order valence-electron chi connectivity index (χ4n) is 2.22. The first kappa shape index (κ1) is 27.2. The van der Waals surface area contributed by atoms with Crippen LogP contribution in [0.15, 0.2) is 6.20 Å². The van der Waals surface area contributed by atoms with Crippen molar-refractivity contribution in [3.05, 3.63) is 16.3 Å². The quantitative estimate of drug-likeness (QED) is 0.143. The summed E-state index contributed by atoms with van der Waals surface area (Å²) >= 11 is 0. The lowest BCUT2D eigenvalue weighted by atomic mass is 10.5. The van der Waals surface area contributed by atoms with E-state index >= 15 is 0 Å². The Morgan fingerprint density at radius 2 is 1.26 bits per heavy atom. The van der Waals surface area contributed by atoms with Crippen LogP contribution in [0.25, 0.3) is 0 Å². The molecule has 2 N–H and O–H groups in total. The summed E-state index contributed by atoms with van der Waals surface area (Å²) in [6.07, 6.45) is 1.31. The summed E-state index contributed by atoms with van der Waals surface area (Å²) in [6.45, 7) is 6.60. The highest BCUT2D eigenvalue weighted by Crippen LogP contribution is 2.23. The lowest BCUT2D eigenvalue weighted by Gasteiger charge is -2.08. The molecule has 0 amide bonds. The molecule has 0 bridgehead atoms. The van der Waals surface area contributed by atoms with Gasteiger partial charge in [-0.1, -0.05) is 0 Å². The van der Waals surface area contributed by atoms with E-state index in [0.717, 1.165) is 0 Å². The standard InChI is InChI=1S/C18H34N4O9/c1-25-18-17(22(23)24)16-21(20-18)3-5-27-7-9-29-11-13-31-15-14-30-12-10-28-8-6-26-4-2-19/h16H,2-15,19H2,1H3. The summed E-state index contributed by atoms with van der Waals surface area (Å²) in [5.41, 5.74) is 5.13. The fourth-order valence-corrected chi connectivity index (χ4v) is 2.22. The van der Waals surface area contributed by atoms with Gasteiger partial charge in [0.2, 0.25) is 0 Å². The van der Waals surface area contributed by atoms with E-state index in [1.165, 1.54) is 18.0 Å². The van der Waals surface area contributed by atoms with Gasteiger partial charge in [0.05, 0.1) is 97.9 Å². The molecule has 0 saturated carbocycles. The van der Waals surface area contributed by atoms with Gasteiger partial charge in [0, 0.05) is 6.54 Å². The zero-order chi connectivity index (χ0) is 22.6. The van der Waals surface area contributed by atoms with Gasteiger partial charge in [-0.3, -0.25) is 14.8 Å². The van der Waals surface area contributed by atoms with E-state index in [9.17, 15) is 10.1 Å². The third-order valence-electron chi connectivity index (χ3n) is 3.69. The van der Waals surface area contributed by atoms with Gasteiger partial charge >= 0.3 is 11.6 Å². The average Bonchev–Trinajstić information content (AvgIpc) is 3.19. The van der Waals surface area contributed by atoms with E-state index in [1.807, 2.05) is 0 Å². The minimum atomic E-state index is -0.539. The molecule has 1 rings (SSSR count). The summed E-state index contributed by atoms with van der Waals surface area (Å²) in [7, 11) is 1.34. The van der Waals surface area contributed by atoms with E-state index in [-0.39, 0.29) is 11.6 Å². The van der Waals surface area contributed by atoms with E-state index < -0.39 is 4.92 Å². The monoisotopic (exact) mass is 450 g/mol. The summed E-state index contributed by atoms with van der Waals surface area (Å²) in [6, 6.07) is 0. The molecule has 1 aromatic heterocycles. The van der Waals surface area contributed by atoms with E-state index in [2.05, 4.69) is 5.10 Å². The molecule has 0 fully saturated rings. The molecule has 1 aromatic rings. The summed E-state index contributed by atoms with van der Waals surface area (Å²) in [5, 5.41) is 14.8. The smallest absolute Gasteiger partial charge is 0.350 e. The van der Waals surface area contributed by atoms with Crippen LogP contribution in [-0.2, 0) is 35.0 Å². The largest absolute Gasteiger partial charge is 0.475 e. The number of nitro groups is 1. The number of rotatable bonds is 22. The van der Waals surface area contributed by atoms with Crippen molar-refractivity contribution < 1.29 is 38.1 Å². The molecular weight excluding hydrogens is 416 g/mol. The number of hydrogen-bond acceptors (Lipinski definition) is 11. The Hall–Kier alpha value is -1.87. The van der Waals surface area contributed by atoms with Crippen LogP contribution in [0.4, 0.5) is 5.69 Å². The van der Waals surface area contributed by atoms with Crippen LogP contribution in [-0.4, -0.2) is 108 Å². The SMILES string of the molecule is COc1nn(CCOCCOCCOCCOCCOCCOCCN)cc1[N+](=O)[O-]. The molecule has 1 heterocycles. The van der Waals surface area contributed by atoms with Gasteiger partial charge in [-0.25, -0.2) is 0 Å². The molecule has 13 heteroatoms. The highest BCUT2D eigenvalue weighted by Gasteiger charge is 2.19. The Bertz CT molecular complexity index is 574. The van der Waals surface area contributed by atoms with E-state index in [4.69, 9.17) is 38.9 Å². The topological polar surface area (TPSA) is 152 Å². The maximum atomic E-state index is 10.8. The Morgan fingerprint density at radius 3 is 1.61 bits per heavy atom. The summed E-state index contributed by atoms with van der Waals surface area (Å²) in [4.78, 5) is 10.3. The Morgan fingerprint density at radius 1 is 0.839 bits per heavy atom. The van der Waals surface area contributed by atoms with E-state index in [1.54, 1.807) is 0 Å². The molecule has 0 aliphatic heterocycles. The van der Waals surface area contributed by atoms with Gasteiger partial charge in [-0.15, -0.1) is 5.10 Å². The third kappa shape index (κ3) is 13.9. The van der Waals surface area contributed by atoms with Crippen molar-refractivity contribution >= 4 is 5.69 Å². The predicted molar refractivity (Wildman–Crippen MR) is 109 cm³/mol. The van der Waals surface area contributed by atoms with Crippen LogP contribution in [0, 0.1) is 10.1 Å². The maximum Gasteiger partial charge on any atom is 0.350 e. The van der Waals surface area contributed by atoms with Crippen LogP contribution >= 0.6 is 0 Å². The van der Waals surface area contributed by atoms with E-state index in [0.29, 0.717) is 92.4 Å². The molecule has 13 nitrogen and oxygen atoms in total. The number of hydrogen-bond donors (Lipinski definition) is 1. The molecular formula is C18H34N4O9. The zero-order valence-electron chi connectivity index (χ0n) is 18.1. The molecule has 0 unspecified atom stereocenters. The molecule has 180 valence electrons. The Kier molecular flexibility index (Phi) is 16.5. The van der Waals surface area contributed by atoms with Crippen LogP contribution in [0.2, 0.25) is 0 Å². The number of methoxy groups -OCH3 is 1. The fraction of sp³-hybridized carbons (Fsp3) is 0.833. The van der Waals surface area contributed by atoms with Crippen molar-refractivity contribution in [2.75, 3.05) is 92.9 Å². The minimum absolute atomic E-state index is 0.0174. The van der Waals surface area contributed by atoms with Gasteiger partial charge in [0.1, 0.15) is 6.20 Å². The van der Waals surface area contributed by atoms with Gasteiger partial charge in [-0.2, -0.15) is 0 Å². The molecule has 31 heavy (non-hydrogen) atoms. The van der Waals surface area contributed by atoms with Crippen molar-refractivity contribution in [2.45, 2.75) is 6.54 Å². The lowest BCUT2D eigenvalue weighted by molar-refractivity contribution is -0.385. The highest BCUT2D eigenvalue weighted by molar-refractivity contribution is 5.38. The Labute approximate surface area is 181 Å². The van der Waals surface area contributed by atoms with Crippen LogP contribution in [0.3, 0.4) is 0 Å². The van der Waals surface area contributed by atoms with Crippen LogP contribution in [0.5, 0.6) is 5.88 Å². The molecule has 0 aliphatic rings. The molecule has 0 atom stereocenters. The third-order valence-corrected chi connectivity index (χ3v) is 3.69. The lowest BCUT2D eigenvalue weighted by Crippen LogP contribution is -2.15. The first-order valence-corrected chi connectivity index (χ1v) is 10.1. The van der Waals surface area contributed by atoms with Crippen molar-refractivity contribution in [2.24, 2.45) is 5.73 Å². The molecule has 0 radical (unpaired) electrons. The first-order valence-electron chi connectivity index (χ1n) is 10.1. The van der Waals surface area contributed by atoms with Crippen molar-refractivity contribution in [3.63, 3.8) is 0 Å². The van der Waals surface area contributed by atoms with Crippen LogP contribution < -0.4 is 10.5 Å². The predicted octanol–water partition coefficient (Wildman–Crippen LogP) is -0.142. The number of nitrogens with zero attached hydrogens (tertiary/aromatic N) is 3. The average molecular weight is 450 g/mol. The van der Waals surface area contributed by atoms with Gasteiger partial charge < -0.3 is 38.9 Å². The number of aromatic nitrogens is 2. The first-order chi connectivity index (χ1) is 15.2. The molecule has 0 saturated heterocycles. The molecule has 0 aliphatic carbocycles. The van der Waals surface area contributed by atoms with Gasteiger partial charge in [-0.05, 0) is 0 Å². The van der Waals surface area contributed by atoms with Crippen molar-refractivity contribution in [1.29, 1.82) is 0 Å². The van der Waals surface area contributed by atoms with Gasteiger partial charge in [0.25, 0.3) is 0 Å². The highest BCUT2D eigenvalue weighted by atomic mass is 16.6. The second-order valence-electron chi connectivity index (χ2n) is 6.01. The summed E-state index contributed by atoms with van der Waals surface area (Å²) < 4.78 is 38.4. The summed E-state index contributed by atoms with van der Waals surface area (Å²) in [5.74, 6) is -0.0174. The number of ether oxygens (including phenoxy) is 7. The van der Waals surface area contributed by atoms with Crippen molar-refractivity contribution in [3.8, 4) is 5.88 Å². The number of nitrogens with two attached hydrogens (primary N) is 1. The Balaban J connectivity index is 1.81. The maximum absolute atomic E-state index is 10.8. The minimum Gasteiger partial charge on any atom is -0.475 e. The molecule has 0 aromatic carbocycles. The van der Waals surface area contributed by atoms with Crippen molar-refractivity contribution in [1.82, 2.24) is 9.78 Å². The zero-order valence-corrected chi connectivity index (χ0v) is 18.1. The normalized spacial score (nSPS) is 11.2. The van der Waals surface area contributed by atoms with Gasteiger partial charge in [0.15, 0.2) is 0 Å². The van der Waals surface area contributed by atoms with Crippen LogP contribution in [0.1, 0.15) is 0 Å². The molecule has 0 spiro atoms. The second kappa shape index (κ2) is 18.9.